The molecule has 2 aromatic heterocycles. The third-order valence-electron chi connectivity index (χ3n) is 4.67. The number of fused-ring (bicyclic) bond motifs is 1. The Morgan fingerprint density at radius 2 is 1.78 bits per heavy atom. The quantitative estimate of drug-likeness (QED) is 0.550. The SMILES string of the molecule is Cc1ccc(C)c(C(=O)Nc2cccc(-c3cn4ccc(C)cc4n3)c2)c1. The standard InChI is InChI=1S/C23H21N3O/c1-15-7-8-17(3)20(11-15)23(27)24-19-6-4-5-18(13-19)21-14-26-10-9-16(2)12-22(26)25-21/h4-14H,1-3H3,(H,24,27). The van der Waals surface area contributed by atoms with Crippen LogP contribution >= 0.6 is 0 Å². The first-order chi connectivity index (χ1) is 13.0. The Labute approximate surface area is 158 Å². The van der Waals surface area contributed by atoms with Crippen molar-refractivity contribution in [3.63, 3.8) is 0 Å². The van der Waals surface area contributed by atoms with Gasteiger partial charge in [-0.2, -0.15) is 0 Å². The summed E-state index contributed by atoms with van der Waals surface area (Å²) in [4.78, 5) is 17.4. The summed E-state index contributed by atoms with van der Waals surface area (Å²) >= 11 is 0. The first-order valence-corrected chi connectivity index (χ1v) is 8.94. The summed E-state index contributed by atoms with van der Waals surface area (Å²) in [5.74, 6) is -0.0982. The van der Waals surface area contributed by atoms with Gasteiger partial charge in [0.05, 0.1) is 5.69 Å². The van der Waals surface area contributed by atoms with Gasteiger partial charge in [-0.1, -0.05) is 29.8 Å². The summed E-state index contributed by atoms with van der Waals surface area (Å²) in [6.45, 7) is 5.99. The molecule has 4 aromatic rings. The van der Waals surface area contributed by atoms with Crippen LogP contribution in [-0.2, 0) is 0 Å². The van der Waals surface area contributed by atoms with E-state index in [2.05, 4.69) is 24.4 Å². The molecule has 0 radical (unpaired) electrons. The fourth-order valence-corrected chi connectivity index (χ4v) is 3.16. The van der Waals surface area contributed by atoms with Crippen LogP contribution in [-0.4, -0.2) is 15.3 Å². The summed E-state index contributed by atoms with van der Waals surface area (Å²) in [7, 11) is 0. The maximum absolute atomic E-state index is 12.7. The summed E-state index contributed by atoms with van der Waals surface area (Å²) in [6.07, 6.45) is 4.01. The van der Waals surface area contributed by atoms with E-state index in [9.17, 15) is 4.79 Å². The smallest absolute Gasteiger partial charge is 0.255 e. The van der Waals surface area contributed by atoms with Gasteiger partial charge >= 0.3 is 0 Å². The predicted octanol–water partition coefficient (Wildman–Crippen LogP) is 5.18. The molecule has 0 atom stereocenters. The van der Waals surface area contributed by atoms with Crippen molar-refractivity contribution < 1.29 is 4.79 Å². The average molecular weight is 355 g/mol. The number of carbonyl (C=O) groups is 1. The van der Waals surface area contributed by atoms with Crippen molar-refractivity contribution >= 4 is 17.2 Å². The molecule has 0 spiro atoms. The molecule has 0 fully saturated rings. The monoisotopic (exact) mass is 355 g/mol. The lowest BCUT2D eigenvalue weighted by molar-refractivity contribution is 0.102. The highest BCUT2D eigenvalue weighted by atomic mass is 16.1. The largest absolute Gasteiger partial charge is 0.322 e. The van der Waals surface area contributed by atoms with Gasteiger partial charge < -0.3 is 9.72 Å². The van der Waals surface area contributed by atoms with E-state index >= 15 is 0 Å². The summed E-state index contributed by atoms with van der Waals surface area (Å²) < 4.78 is 2.00. The fraction of sp³-hybridized carbons (Fsp3) is 0.130. The highest BCUT2D eigenvalue weighted by Crippen LogP contribution is 2.23. The van der Waals surface area contributed by atoms with Gasteiger partial charge in [0.2, 0.25) is 0 Å². The number of aryl methyl sites for hydroxylation is 3. The lowest BCUT2D eigenvalue weighted by Crippen LogP contribution is -2.13. The molecular formula is C23H21N3O. The third kappa shape index (κ3) is 3.47. The normalized spacial score (nSPS) is 10.9. The first-order valence-electron chi connectivity index (χ1n) is 8.94. The number of rotatable bonds is 3. The maximum Gasteiger partial charge on any atom is 0.255 e. The molecule has 0 aliphatic carbocycles. The van der Waals surface area contributed by atoms with Crippen molar-refractivity contribution in [1.29, 1.82) is 0 Å². The van der Waals surface area contributed by atoms with E-state index in [0.717, 1.165) is 33.7 Å². The highest BCUT2D eigenvalue weighted by Gasteiger charge is 2.11. The van der Waals surface area contributed by atoms with Gasteiger partial charge in [-0.05, 0) is 62.2 Å². The predicted molar refractivity (Wildman–Crippen MR) is 109 cm³/mol. The summed E-state index contributed by atoms with van der Waals surface area (Å²) in [5.41, 5.74) is 7.42. The van der Waals surface area contributed by atoms with Gasteiger partial charge in [0.25, 0.3) is 5.91 Å². The van der Waals surface area contributed by atoms with Crippen LogP contribution in [0.3, 0.4) is 0 Å². The molecule has 4 rings (SSSR count). The van der Waals surface area contributed by atoms with Crippen LogP contribution in [0.1, 0.15) is 27.0 Å². The third-order valence-corrected chi connectivity index (χ3v) is 4.67. The molecule has 0 saturated carbocycles. The zero-order chi connectivity index (χ0) is 19.0. The van der Waals surface area contributed by atoms with Crippen molar-refractivity contribution in [2.45, 2.75) is 20.8 Å². The van der Waals surface area contributed by atoms with E-state index in [0.29, 0.717) is 5.56 Å². The molecule has 2 heterocycles. The zero-order valence-electron chi connectivity index (χ0n) is 15.7. The second-order valence-corrected chi connectivity index (χ2v) is 6.95. The number of anilines is 1. The maximum atomic E-state index is 12.7. The number of imidazole rings is 1. The fourth-order valence-electron chi connectivity index (χ4n) is 3.16. The minimum Gasteiger partial charge on any atom is -0.322 e. The number of hydrogen-bond acceptors (Lipinski definition) is 2. The van der Waals surface area contributed by atoms with E-state index in [1.54, 1.807) is 0 Å². The molecule has 4 nitrogen and oxygen atoms in total. The van der Waals surface area contributed by atoms with Crippen molar-refractivity contribution in [3.05, 3.63) is 89.2 Å². The molecule has 0 unspecified atom stereocenters. The molecule has 4 heteroatoms. The number of nitrogens with zero attached hydrogens (tertiary/aromatic N) is 2. The molecule has 27 heavy (non-hydrogen) atoms. The molecule has 0 aliphatic heterocycles. The Morgan fingerprint density at radius 1 is 0.963 bits per heavy atom. The molecule has 1 N–H and O–H groups in total. The Hall–Kier alpha value is -3.40. The van der Waals surface area contributed by atoms with Crippen molar-refractivity contribution in [3.8, 4) is 11.3 Å². The minimum atomic E-state index is -0.0982. The van der Waals surface area contributed by atoms with Crippen molar-refractivity contribution in [2.75, 3.05) is 5.32 Å². The summed E-state index contributed by atoms with van der Waals surface area (Å²) in [6, 6.07) is 17.8. The van der Waals surface area contributed by atoms with Crippen molar-refractivity contribution in [1.82, 2.24) is 9.38 Å². The molecule has 2 aromatic carbocycles. The van der Waals surface area contributed by atoms with Gasteiger partial charge in [0.15, 0.2) is 0 Å². The Balaban J connectivity index is 1.63. The second-order valence-electron chi connectivity index (χ2n) is 6.95. The number of pyridine rings is 1. The molecule has 134 valence electrons. The lowest BCUT2D eigenvalue weighted by atomic mass is 10.0. The number of aromatic nitrogens is 2. The van der Waals surface area contributed by atoms with Gasteiger partial charge in [-0.15, -0.1) is 0 Å². The van der Waals surface area contributed by atoms with E-state index in [-0.39, 0.29) is 5.91 Å². The Bertz CT molecular complexity index is 1160. The topological polar surface area (TPSA) is 46.4 Å². The van der Waals surface area contributed by atoms with Crippen LogP contribution in [0.2, 0.25) is 0 Å². The number of nitrogens with one attached hydrogen (secondary N) is 1. The number of carbonyl (C=O) groups excluding carboxylic acids is 1. The second kappa shape index (κ2) is 6.72. The van der Waals surface area contributed by atoms with Crippen LogP contribution in [0.15, 0.2) is 67.0 Å². The zero-order valence-corrected chi connectivity index (χ0v) is 15.7. The Morgan fingerprint density at radius 3 is 2.63 bits per heavy atom. The molecule has 0 aliphatic rings. The molecular weight excluding hydrogens is 334 g/mol. The van der Waals surface area contributed by atoms with E-state index < -0.39 is 0 Å². The van der Waals surface area contributed by atoms with E-state index in [1.807, 2.05) is 73.1 Å². The van der Waals surface area contributed by atoms with Crippen LogP contribution in [0.4, 0.5) is 5.69 Å². The van der Waals surface area contributed by atoms with Gasteiger partial charge in [-0.3, -0.25) is 4.79 Å². The van der Waals surface area contributed by atoms with Gasteiger partial charge in [-0.25, -0.2) is 4.98 Å². The number of hydrogen-bond donors (Lipinski definition) is 1. The minimum absolute atomic E-state index is 0.0982. The average Bonchev–Trinajstić information content (AvgIpc) is 3.07. The van der Waals surface area contributed by atoms with E-state index in [1.165, 1.54) is 5.56 Å². The summed E-state index contributed by atoms with van der Waals surface area (Å²) in [5, 5.41) is 3.01. The first kappa shape index (κ1) is 17.0. The lowest BCUT2D eigenvalue weighted by Gasteiger charge is -2.09. The van der Waals surface area contributed by atoms with Crippen LogP contribution in [0.25, 0.3) is 16.9 Å². The van der Waals surface area contributed by atoms with Crippen LogP contribution in [0, 0.1) is 20.8 Å². The number of amides is 1. The van der Waals surface area contributed by atoms with E-state index in [4.69, 9.17) is 4.98 Å². The Kier molecular flexibility index (Phi) is 4.24. The van der Waals surface area contributed by atoms with Crippen molar-refractivity contribution in [2.24, 2.45) is 0 Å². The van der Waals surface area contributed by atoms with Gasteiger partial charge in [0.1, 0.15) is 5.65 Å². The highest BCUT2D eigenvalue weighted by molar-refractivity contribution is 6.05. The molecule has 0 saturated heterocycles. The number of benzene rings is 2. The van der Waals surface area contributed by atoms with Crippen LogP contribution in [0.5, 0.6) is 0 Å². The molecule has 0 bridgehead atoms. The van der Waals surface area contributed by atoms with Crippen LogP contribution < -0.4 is 5.32 Å². The molecule has 1 amide bonds. The van der Waals surface area contributed by atoms with Gasteiger partial charge in [0, 0.05) is 29.2 Å².